The van der Waals surface area contributed by atoms with Gasteiger partial charge in [-0.05, 0) is 37.1 Å². The van der Waals surface area contributed by atoms with Gasteiger partial charge >= 0.3 is 0 Å². The molecule has 2 aromatic rings. The standard InChI is InChI=1S/C16H25N3O/c1-12(2)11-17-7-6-16-18-14-10-13(3)4-5-15(14)19(16)8-9-20/h4-5,10,12,17,20H,6-9,11H2,1-3H3. The van der Waals surface area contributed by atoms with Crippen molar-refractivity contribution in [2.24, 2.45) is 5.92 Å². The molecule has 0 aliphatic heterocycles. The fourth-order valence-electron chi connectivity index (χ4n) is 2.42. The largest absolute Gasteiger partial charge is 0.395 e. The molecule has 0 bridgehead atoms. The van der Waals surface area contributed by atoms with Gasteiger partial charge in [0.2, 0.25) is 0 Å². The number of imidazole rings is 1. The topological polar surface area (TPSA) is 50.1 Å². The average Bonchev–Trinajstić information content (AvgIpc) is 2.72. The van der Waals surface area contributed by atoms with Crippen molar-refractivity contribution in [3.63, 3.8) is 0 Å². The summed E-state index contributed by atoms with van der Waals surface area (Å²) in [6.07, 6.45) is 0.889. The lowest BCUT2D eigenvalue weighted by Gasteiger charge is -2.09. The van der Waals surface area contributed by atoms with Crippen LogP contribution in [0.1, 0.15) is 25.2 Å². The van der Waals surface area contributed by atoms with Gasteiger partial charge in [0.15, 0.2) is 0 Å². The lowest BCUT2D eigenvalue weighted by Crippen LogP contribution is -2.23. The summed E-state index contributed by atoms with van der Waals surface area (Å²) in [5.74, 6) is 1.71. The van der Waals surface area contributed by atoms with Gasteiger partial charge in [-0.15, -0.1) is 0 Å². The molecule has 0 radical (unpaired) electrons. The Kier molecular flexibility index (Phi) is 5.15. The van der Waals surface area contributed by atoms with Crippen LogP contribution in [0.25, 0.3) is 11.0 Å². The fraction of sp³-hybridized carbons (Fsp3) is 0.562. The summed E-state index contributed by atoms with van der Waals surface area (Å²) in [5.41, 5.74) is 3.36. The number of aliphatic hydroxyl groups excluding tert-OH is 1. The van der Waals surface area contributed by atoms with E-state index in [1.165, 1.54) is 5.56 Å². The summed E-state index contributed by atoms with van der Waals surface area (Å²) in [6.45, 7) is 9.19. The fourth-order valence-corrected chi connectivity index (χ4v) is 2.42. The van der Waals surface area contributed by atoms with Gasteiger partial charge in [0.05, 0.1) is 17.6 Å². The Morgan fingerprint density at radius 2 is 2.15 bits per heavy atom. The predicted octanol–water partition coefficient (Wildman–Crippen LogP) is 2.13. The minimum atomic E-state index is 0.145. The van der Waals surface area contributed by atoms with Crippen molar-refractivity contribution >= 4 is 11.0 Å². The van der Waals surface area contributed by atoms with Crippen molar-refractivity contribution in [1.29, 1.82) is 0 Å². The number of hydrogen-bond acceptors (Lipinski definition) is 3. The molecular formula is C16H25N3O. The minimum absolute atomic E-state index is 0.145. The Balaban J connectivity index is 2.16. The van der Waals surface area contributed by atoms with Gasteiger partial charge in [-0.25, -0.2) is 4.98 Å². The molecule has 2 N–H and O–H groups in total. The third-order valence-corrected chi connectivity index (χ3v) is 3.38. The van der Waals surface area contributed by atoms with Crippen molar-refractivity contribution in [2.45, 2.75) is 33.7 Å². The maximum Gasteiger partial charge on any atom is 0.111 e. The maximum absolute atomic E-state index is 9.26. The Bertz CT molecular complexity index is 560. The first-order chi connectivity index (χ1) is 9.61. The van der Waals surface area contributed by atoms with Crippen LogP contribution in [0.2, 0.25) is 0 Å². The number of nitrogens with one attached hydrogen (secondary N) is 1. The van der Waals surface area contributed by atoms with Crippen molar-refractivity contribution in [3.8, 4) is 0 Å². The van der Waals surface area contributed by atoms with Crippen LogP contribution in [0.4, 0.5) is 0 Å². The van der Waals surface area contributed by atoms with Gasteiger partial charge < -0.3 is 15.0 Å². The number of benzene rings is 1. The lowest BCUT2D eigenvalue weighted by atomic mass is 10.2. The summed E-state index contributed by atoms with van der Waals surface area (Å²) in [6, 6.07) is 6.30. The number of nitrogens with zero attached hydrogens (tertiary/aromatic N) is 2. The van der Waals surface area contributed by atoms with E-state index in [1.54, 1.807) is 0 Å². The van der Waals surface area contributed by atoms with E-state index in [2.05, 4.69) is 48.9 Å². The van der Waals surface area contributed by atoms with Gasteiger partial charge in [0.25, 0.3) is 0 Å². The summed E-state index contributed by atoms with van der Waals surface area (Å²) in [4.78, 5) is 4.72. The minimum Gasteiger partial charge on any atom is -0.395 e. The van der Waals surface area contributed by atoms with E-state index < -0.39 is 0 Å². The molecule has 1 heterocycles. The predicted molar refractivity (Wildman–Crippen MR) is 83.0 cm³/mol. The normalized spacial score (nSPS) is 11.7. The highest BCUT2D eigenvalue weighted by Gasteiger charge is 2.10. The quantitative estimate of drug-likeness (QED) is 0.761. The number of fused-ring (bicyclic) bond motifs is 1. The van der Waals surface area contributed by atoms with Gasteiger partial charge in [0.1, 0.15) is 5.82 Å². The molecule has 1 aromatic heterocycles. The summed E-state index contributed by atoms with van der Waals surface area (Å²) < 4.78 is 2.13. The number of aliphatic hydroxyl groups is 1. The first-order valence-electron chi connectivity index (χ1n) is 7.39. The molecule has 4 nitrogen and oxygen atoms in total. The van der Waals surface area contributed by atoms with Crippen LogP contribution >= 0.6 is 0 Å². The van der Waals surface area contributed by atoms with E-state index in [0.717, 1.165) is 36.4 Å². The van der Waals surface area contributed by atoms with E-state index >= 15 is 0 Å². The molecule has 0 aliphatic carbocycles. The highest BCUT2D eigenvalue weighted by atomic mass is 16.3. The van der Waals surface area contributed by atoms with Gasteiger partial charge in [-0.2, -0.15) is 0 Å². The van der Waals surface area contributed by atoms with Gasteiger partial charge in [-0.1, -0.05) is 19.9 Å². The first kappa shape index (κ1) is 15.0. The maximum atomic E-state index is 9.26. The van der Waals surface area contributed by atoms with Crippen LogP contribution in [0, 0.1) is 12.8 Å². The molecule has 0 amide bonds. The zero-order chi connectivity index (χ0) is 14.5. The average molecular weight is 275 g/mol. The van der Waals surface area contributed by atoms with E-state index in [9.17, 15) is 5.11 Å². The Morgan fingerprint density at radius 3 is 2.85 bits per heavy atom. The third-order valence-electron chi connectivity index (χ3n) is 3.38. The second-order valence-electron chi connectivity index (χ2n) is 5.74. The molecule has 0 saturated carbocycles. The zero-order valence-corrected chi connectivity index (χ0v) is 12.7. The van der Waals surface area contributed by atoms with E-state index in [4.69, 9.17) is 4.98 Å². The number of rotatable bonds is 7. The molecule has 20 heavy (non-hydrogen) atoms. The van der Waals surface area contributed by atoms with Crippen molar-refractivity contribution < 1.29 is 5.11 Å². The summed E-state index contributed by atoms with van der Waals surface area (Å²) in [5, 5.41) is 12.7. The highest BCUT2D eigenvalue weighted by Crippen LogP contribution is 2.18. The molecule has 0 atom stereocenters. The second kappa shape index (κ2) is 6.86. The monoisotopic (exact) mass is 275 g/mol. The summed E-state index contributed by atoms with van der Waals surface area (Å²) in [7, 11) is 0. The smallest absolute Gasteiger partial charge is 0.111 e. The first-order valence-corrected chi connectivity index (χ1v) is 7.39. The Hall–Kier alpha value is -1.39. The number of aryl methyl sites for hydroxylation is 1. The van der Waals surface area contributed by atoms with Crippen LogP contribution in [-0.2, 0) is 13.0 Å². The van der Waals surface area contributed by atoms with E-state index in [0.29, 0.717) is 12.5 Å². The summed E-state index contributed by atoms with van der Waals surface area (Å²) >= 11 is 0. The van der Waals surface area contributed by atoms with Crippen LogP contribution in [-0.4, -0.2) is 34.4 Å². The molecule has 0 aliphatic rings. The molecular weight excluding hydrogens is 250 g/mol. The molecule has 0 unspecified atom stereocenters. The van der Waals surface area contributed by atoms with Gasteiger partial charge in [-0.3, -0.25) is 0 Å². The highest BCUT2D eigenvalue weighted by molar-refractivity contribution is 5.76. The molecule has 0 saturated heterocycles. The van der Waals surface area contributed by atoms with Crippen molar-refractivity contribution in [1.82, 2.24) is 14.9 Å². The SMILES string of the molecule is Cc1ccc2c(c1)nc(CCNCC(C)C)n2CCO. The van der Waals surface area contributed by atoms with Crippen LogP contribution in [0.15, 0.2) is 18.2 Å². The lowest BCUT2D eigenvalue weighted by molar-refractivity contribution is 0.276. The zero-order valence-electron chi connectivity index (χ0n) is 12.7. The van der Waals surface area contributed by atoms with Crippen LogP contribution in [0.3, 0.4) is 0 Å². The molecule has 0 spiro atoms. The van der Waals surface area contributed by atoms with E-state index in [-0.39, 0.29) is 6.61 Å². The second-order valence-corrected chi connectivity index (χ2v) is 5.74. The van der Waals surface area contributed by atoms with E-state index in [1.807, 2.05) is 0 Å². The molecule has 1 aromatic carbocycles. The third kappa shape index (κ3) is 3.58. The van der Waals surface area contributed by atoms with Crippen LogP contribution < -0.4 is 5.32 Å². The van der Waals surface area contributed by atoms with Gasteiger partial charge in [0, 0.05) is 19.5 Å². The number of hydrogen-bond donors (Lipinski definition) is 2. The number of aromatic nitrogens is 2. The Labute approximate surface area is 120 Å². The Morgan fingerprint density at radius 1 is 1.35 bits per heavy atom. The van der Waals surface area contributed by atoms with Crippen molar-refractivity contribution in [3.05, 3.63) is 29.6 Å². The molecule has 2 rings (SSSR count). The molecule has 110 valence electrons. The molecule has 4 heteroatoms. The van der Waals surface area contributed by atoms with Crippen molar-refractivity contribution in [2.75, 3.05) is 19.7 Å². The molecule has 0 fully saturated rings. The van der Waals surface area contributed by atoms with Crippen LogP contribution in [0.5, 0.6) is 0 Å².